The molecule has 1 unspecified atom stereocenters. The highest BCUT2D eigenvalue weighted by molar-refractivity contribution is 5.38. The topological polar surface area (TPSA) is 75.0 Å². The number of rotatable bonds is 4. The molecule has 0 radical (unpaired) electrons. The Balaban J connectivity index is 2.14. The second-order valence-corrected chi connectivity index (χ2v) is 4.16. The first-order valence-corrected chi connectivity index (χ1v) is 5.83. The maximum atomic E-state index is 11.6. The fraction of sp³-hybridized carbons (Fsp3) is 0.636. The molecule has 5 heteroatoms. The van der Waals surface area contributed by atoms with Crippen LogP contribution in [-0.2, 0) is 0 Å². The SMILES string of the molecule is NCCCC1CCCN1c1ncc[nH]c1=O. The number of aromatic amines is 1. The Hall–Kier alpha value is -1.36. The minimum absolute atomic E-state index is 0.0952. The largest absolute Gasteiger partial charge is 0.349 e. The predicted molar refractivity (Wildman–Crippen MR) is 63.5 cm³/mol. The van der Waals surface area contributed by atoms with E-state index in [1.807, 2.05) is 0 Å². The molecule has 0 saturated carbocycles. The van der Waals surface area contributed by atoms with E-state index in [0.717, 1.165) is 32.2 Å². The number of anilines is 1. The molecule has 0 aliphatic carbocycles. The Morgan fingerprint density at radius 1 is 1.62 bits per heavy atom. The quantitative estimate of drug-likeness (QED) is 0.777. The number of aromatic nitrogens is 2. The van der Waals surface area contributed by atoms with E-state index in [2.05, 4.69) is 14.9 Å². The zero-order chi connectivity index (χ0) is 11.4. The third-order valence-electron chi connectivity index (χ3n) is 3.08. The molecule has 0 amide bonds. The van der Waals surface area contributed by atoms with E-state index in [-0.39, 0.29) is 5.56 Å². The number of nitrogens with zero attached hydrogens (tertiary/aromatic N) is 2. The molecule has 0 bridgehead atoms. The summed E-state index contributed by atoms with van der Waals surface area (Å²) in [4.78, 5) is 20.6. The average Bonchev–Trinajstić information content (AvgIpc) is 2.75. The van der Waals surface area contributed by atoms with Crippen LogP contribution in [0.5, 0.6) is 0 Å². The van der Waals surface area contributed by atoms with Crippen LogP contribution >= 0.6 is 0 Å². The predicted octanol–water partition coefficient (Wildman–Crippen LogP) is 0.478. The molecule has 2 rings (SSSR count). The van der Waals surface area contributed by atoms with Crippen molar-refractivity contribution in [1.82, 2.24) is 9.97 Å². The summed E-state index contributed by atoms with van der Waals surface area (Å²) < 4.78 is 0. The second-order valence-electron chi connectivity index (χ2n) is 4.16. The van der Waals surface area contributed by atoms with Gasteiger partial charge >= 0.3 is 0 Å². The summed E-state index contributed by atoms with van der Waals surface area (Å²) in [6, 6.07) is 0.430. The van der Waals surface area contributed by atoms with E-state index in [9.17, 15) is 4.79 Å². The van der Waals surface area contributed by atoms with Crippen molar-refractivity contribution < 1.29 is 0 Å². The van der Waals surface area contributed by atoms with Gasteiger partial charge in [-0.2, -0.15) is 0 Å². The summed E-state index contributed by atoms with van der Waals surface area (Å²) in [6.45, 7) is 1.64. The Morgan fingerprint density at radius 3 is 3.25 bits per heavy atom. The van der Waals surface area contributed by atoms with Crippen LogP contribution in [0.4, 0.5) is 5.82 Å². The Bertz CT molecular complexity index is 390. The van der Waals surface area contributed by atoms with Gasteiger partial charge in [-0.15, -0.1) is 0 Å². The maximum absolute atomic E-state index is 11.6. The van der Waals surface area contributed by atoms with E-state index in [1.54, 1.807) is 12.4 Å². The second kappa shape index (κ2) is 5.12. The molecule has 1 saturated heterocycles. The van der Waals surface area contributed by atoms with Crippen molar-refractivity contribution in [2.24, 2.45) is 5.73 Å². The fourth-order valence-corrected chi connectivity index (χ4v) is 2.32. The van der Waals surface area contributed by atoms with Crippen LogP contribution in [0.1, 0.15) is 25.7 Å². The van der Waals surface area contributed by atoms with Gasteiger partial charge in [-0.1, -0.05) is 0 Å². The fourth-order valence-electron chi connectivity index (χ4n) is 2.32. The summed E-state index contributed by atoms with van der Waals surface area (Å²) in [7, 11) is 0. The molecule has 88 valence electrons. The molecule has 2 heterocycles. The normalized spacial score (nSPS) is 20.3. The molecule has 1 fully saturated rings. The van der Waals surface area contributed by atoms with Gasteiger partial charge in [0.1, 0.15) is 0 Å². The van der Waals surface area contributed by atoms with Gasteiger partial charge in [-0.05, 0) is 32.2 Å². The molecular formula is C11H18N4O. The maximum Gasteiger partial charge on any atom is 0.290 e. The van der Waals surface area contributed by atoms with Crippen LogP contribution in [0.25, 0.3) is 0 Å². The first-order chi connectivity index (χ1) is 7.83. The Morgan fingerprint density at radius 2 is 2.50 bits per heavy atom. The van der Waals surface area contributed by atoms with Crippen molar-refractivity contribution in [2.75, 3.05) is 18.0 Å². The van der Waals surface area contributed by atoms with Gasteiger partial charge in [0.05, 0.1) is 0 Å². The lowest BCUT2D eigenvalue weighted by molar-refractivity contribution is 0.580. The van der Waals surface area contributed by atoms with Crippen LogP contribution < -0.4 is 16.2 Å². The lowest BCUT2D eigenvalue weighted by Crippen LogP contribution is -2.34. The van der Waals surface area contributed by atoms with Crippen LogP contribution in [0, 0.1) is 0 Å². The number of nitrogens with two attached hydrogens (primary N) is 1. The third-order valence-corrected chi connectivity index (χ3v) is 3.08. The number of hydrogen-bond acceptors (Lipinski definition) is 4. The standard InChI is InChI=1S/C11H18N4O/c12-5-1-3-9-4-2-8-15(9)10-11(16)14-7-6-13-10/h6-7,9H,1-5,8,12H2,(H,14,16). The molecule has 3 N–H and O–H groups in total. The number of H-pyrrole nitrogens is 1. The van der Waals surface area contributed by atoms with Crippen molar-refractivity contribution in [3.05, 3.63) is 22.7 Å². The van der Waals surface area contributed by atoms with E-state index in [1.165, 1.54) is 0 Å². The van der Waals surface area contributed by atoms with Gasteiger partial charge < -0.3 is 15.6 Å². The monoisotopic (exact) mass is 222 g/mol. The number of hydrogen-bond donors (Lipinski definition) is 2. The first kappa shape index (κ1) is 11.1. The van der Waals surface area contributed by atoms with Crippen molar-refractivity contribution in [3.8, 4) is 0 Å². The van der Waals surface area contributed by atoms with Crippen molar-refractivity contribution >= 4 is 5.82 Å². The molecule has 1 aromatic heterocycles. The van der Waals surface area contributed by atoms with Crippen molar-refractivity contribution in [1.29, 1.82) is 0 Å². The molecule has 1 atom stereocenters. The highest BCUT2D eigenvalue weighted by Gasteiger charge is 2.26. The highest BCUT2D eigenvalue weighted by Crippen LogP contribution is 2.23. The van der Waals surface area contributed by atoms with E-state index >= 15 is 0 Å². The highest BCUT2D eigenvalue weighted by atomic mass is 16.1. The zero-order valence-corrected chi connectivity index (χ0v) is 9.35. The van der Waals surface area contributed by atoms with E-state index < -0.39 is 0 Å². The zero-order valence-electron chi connectivity index (χ0n) is 9.35. The molecule has 5 nitrogen and oxygen atoms in total. The van der Waals surface area contributed by atoms with Crippen LogP contribution in [0.2, 0.25) is 0 Å². The summed E-state index contributed by atoms with van der Waals surface area (Å²) in [5, 5.41) is 0. The molecule has 1 aliphatic heterocycles. The minimum atomic E-state index is -0.0952. The summed E-state index contributed by atoms with van der Waals surface area (Å²) in [6.07, 6.45) is 7.52. The lowest BCUT2D eigenvalue weighted by Gasteiger charge is -2.24. The van der Waals surface area contributed by atoms with Gasteiger partial charge in [0, 0.05) is 25.0 Å². The molecule has 0 aromatic carbocycles. The Kier molecular flexibility index (Phi) is 3.56. The molecule has 1 aliphatic rings. The van der Waals surface area contributed by atoms with Gasteiger partial charge in [-0.25, -0.2) is 4.98 Å². The van der Waals surface area contributed by atoms with Crippen LogP contribution in [0.3, 0.4) is 0 Å². The van der Waals surface area contributed by atoms with Gasteiger partial charge in [0.15, 0.2) is 5.82 Å². The summed E-state index contributed by atoms with van der Waals surface area (Å²) in [5.41, 5.74) is 5.42. The smallest absolute Gasteiger partial charge is 0.290 e. The van der Waals surface area contributed by atoms with Gasteiger partial charge in [0.2, 0.25) is 0 Å². The molecular weight excluding hydrogens is 204 g/mol. The van der Waals surface area contributed by atoms with Gasteiger partial charge in [0.25, 0.3) is 5.56 Å². The third kappa shape index (κ3) is 2.24. The number of nitrogens with one attached hydrogen (secondary N) is 1. The first-order valence-electron chi connectivity index (χ1n) is 5.83. The van der Waals surface area contributed by atoms with Crippen molar-refractivity contribution in [3.63, 3.8) is 0 Å². The molecule has 1 aromatic rings. The van der Waals surface area contributed by atoms with Gasteiger partial charge in [-0.3, -0.25) is 4.79 Å². The summed E-state index contributed by atoms with van der Waals surface area (Å²) >= 11 is 0. The minimum Gasteiger partial charge on any atom is -0.349 e. The average molecular weight is 222 g/mol. The molecule has 16 heavy (non-hydrogen) atoms. The van der Waals surface area contributed by atoms with E-state index in [0.29, 0.717) is 18.4 Å². The van der Waals surface area contributed by atoms with Crippen LogP contribution in [0.15, 0.2) is 17.2 Å². The molecule has 0 spiro atoms. The summed E-state index contributed by atoms with van der Waals surface area (Å²) in [5.74, 6) is 0.557. The lowest BCUT2D eigenvalue weighted by atomic mass is 10.1. The van der Waals surface area contributed by atoms with Crippen molar-refractivity contribution in [2.45, 2.75) is 31.7 Å². The Labute approximate surface area is 94.7 Å². The van der Waals surface area contributed by atoms with Crippen LogP contribution in [-0.4, -0.2) is 29.1 Å². The van der Waals surface area contributed by atoms with E-state index in [4.69, 9.17) is 5.73 Å².